The van der Waals surface area contributed by atoms with Crippen LogP contribution in [0.3, 0.4) is 0 Å². The normalized spacial score (nSPS) is 0. The van der Waals surface area contributed by atoms with Crippen molar-refractivity contribution in [1.29, 1.82) is 0 Å². The Morgan fingerprint density at radius 1 is 1.00 bits per heavy atom. The number of hydrogen-bond acceptors (Lipinski definition) is 0. The SMILES string of the molecule is [Co].[InH3].[SeH2].[TeH2]. The molecule has 0 bridgehead atoms. The van der Waals surface area contributed by atoms with Gasteiger partial charge in [-0.2, -0.15) is 0 Å². The average molecular weight is 387 g/mol. The van der Waals surface area contributed by atoms with E-state index in [0.29, 0.717) is 0 Å². The van der Waals surface area contributed by atoms with Gasteiger partial charge in [-0.1, -0.05) is 0 Å². The van der Waals surface area contributed by atoms with Gasteiger partial charge >= 0.3 is 66.6 Å². The van der Waals surface area contributed by atoms with Gasteiger partial charge in [0.2, 0.25) is 0 Å². The zero-order valence-corrected chi connectivity index (χ0v) is 7.33. The maximum absolute atomic E-state index is 0. The monoisotopic (exact) mass is 391 g/mol. The van der Waals surface area contributed by atoms with Gasteiger partial charge in [-0.3, -0.25) is 0 Å². The third-order valence-electron chi connectivity index (χ3n) is 0. The molecule has 0 saturated heterocycles. The minimum atomic E-state index is 0. The molecule has 1 radical (unpaired) electrons. The molecule has 0 aliphatic heterocycles. The van der Waals surface area contributed by atoms with Gasteiger partial charge in [-0.05, 0) is 0 Å². The van der Waals surface area contributed by atoms with Crippen LogP contribution in [0.15, 0.2) is 0 Å². The average Bonchev–Trinajstić information content (AvgIpc) is 0. The molecule has 0 aliphatic rings. The first-order valence-corrected chi connectivity index (χ1v) is 0. The fourth-order valence-electron chi connectivity index (χ4n) is 0. The molecule has 0 heterocycles. The number of rotatable bonds is 0. The molecule has 0 saturated carbocycles. The summed E-state index contributed by atoms with van der Waals surface area (Å²) in [7, 11) is 0. The summed E-state index contributed by atoms with van der Waals surface area (Å²) in [5, 5.41) is 0. The molecule has 31 valence electrons. The van der Waals surface area contributed by atoms with E-state index in [9.17, 15) is 0 Å². The van der Waals surface area contributed by atoms with Crippen molar-refractivity contribution in [1.82, 2.24) is 0 Å². The maximum atomic E-state index is 0. The Balaban J connectivity index is 0. The van der Waals surface area contributed by atoms with Crippen LogP contribution in [0.5, 0.6) is 0 Å². The fourth-order valence-corrected chi connectivity index (χ4v) is 0. The van der Waals surface area contributed by atoms with Gasteiger partial charge < -0.3 is 0 Å². The van der Waals surface area contributed by atoms with Crippen molar-refractivity contribution >= 4 is 66.6 Å². The Bertz CT molecular complexity index is 8.00. The van der Waals surface area contributed by atoms with Gasteiger partial charge in [-0.15, -0.1) is 0 Å². The molecule has 0 amide bonds. The van der Waals surface area contributed by atoms with Crippen LogP contribution in [0.2, 0.25) is 0 Å². The van der Waals surface area contributed by atoms with Crippen LogP contribution in [0.25, 0.3) is 0 Å². The van der Waals surface area contributed by atoms with Gasteiger partial charge in [-0.25, -0.2) is 0 Å². The van der Waals surface area contributed by atoms with Crippen LogP contribution in [0, 0.1) is 0 Å². The fraction of sp³-hybridized carbons (Fsp3) is 0. The minimum absolute atomic E-state index is 0. The van der Waals surface area contributed by atoms with Gasteiger partial charge in [0.25, 0.3) is 0 Å². The van der Waals surface area contributed by atoms with E-state index in [1.165, 1.54) is 0 Å². The van der Waals surface area contributed by atoms with Gasteiger partial charge in [0.1, 0.15) is 0 Å². The number of hydrogen-bond donors (Lipinski definition) is 0. The molecule has 0 nitrogen and oxygen atoms in total. The molecule has 0 fully saturated rings. The van der Waals surface area contributed by atoms with E-state index in [0.717, 1.165) is 0 Å². The molecule has 0 N–H and O–H groups in total. The van der Waals surface area contributed by atoms with Crippen LogP contribution in [-0.2, 0) is 16.8 Å². The standard InChI is InChI=1S/Co.In.H2Se.H2Te.3H/h;;2*1H2;;;. The van der Waals surface area contributed by atoms with E-state index in [-0.39, 0.29) is 83.4 Å². The topological polar surface area (TPSA) is 0 Å². The molecule has 0 rings (SSSR count). The van der Waals surface area contributed by atoms with Gasteiger partial charge in [0.15, 0.2) is 0 Å². The summed E-state index contributed by atoms with van der Waals surface area (Å²) in [6.45, 7) is 0. The van der Waals surface area contributed by atoms with Crippen molar-refractivity contribution in [3.8, 4) is 0 Å². The van der Waals surface area contributed by atoms with Crippen molar-refractivity contribution in [3.05, 3.63) is 0 Å². The van der Waals surface area contributed by atoms with E-state index in [2.05, 4.69) is 0 Å². The molecule has 0 aromatic heterocycles. The first kappa shape index (κ1) is 30.0. The van der Waals surface area contributed by atoms with Crippen molar-refractivity contribution < 1.29 is 16.8 Å². The van der Waals surface area contributed by atoms with Crippen molar-refractivity contribution in [2.75, 3.05) is 0 Å². The van der Waals surface area contributed by atoms with Crippen LogP contribution in [0.1, 0.15) is 0 Å². The van der Waals surface area contributed by atoms with Crippen LogP contribution >= 0.6 is 0 Å². The predicted molar refractivity (Wildman–Crippen MR) is 27.0 cm³/mol. The predicted octanol–water partition coefficient (Wildman–Crippen LogP) is -3.02. The quantitative estimate of drug-likeness (QED) is 0.389. The summed E-state index contributed by atoms with van der Waals surface area (Å²) in [5.41, 5.74) is 0. The molecular formula is H7CoInSeTe. The van der Waals surface area contributed by atoms with Crippen LogP contribution in [-0.4, -0.2) is 66.6 Å². The van der Waals surface area contributed by atoms with E-state index >= 15 is 0 Å². The summed E-state index contributed by atoms with van der Waals surface area (Å²) in [6.07, 6.45) is 0. The van der Waals surface area contributed by atoms with Crippen LogP contribution < -0.4 is 0 Å². The van der Waals surface area contributed by atoms with Gasteiger partial charge in [0.05, 0.1) is 0 Å². The van der Waals surface area contributed by atoms with Crippen LogP contribution in [0.4, 0.5) is 0 Å². The molecular weight excluding hydrogens is 380 g/mol. The Morgan fingerprint density at radius 3 is 1.00 bits per heavy atom. The van der Waals surface area contributed by atoms with E-state index in [1.54, 1.807) is 0 Å². The molecule has 4 heteroatoms. The zero-order valence-electron chi connectivity index (χ0n) is 1.33. The van der Waals surface area contributed by atoms with Crippen molar-refractivity contribution in [2.45, 2.75) is 0 Å². The first-order chi connectivity index (χ1) is 0. The summed E-state index contributed by atoms with van der Waals surface area (Å²) in [5.74, 6) is 0. The molecule has 4 heavy (non-hydrogen) atoms. The second-order valence-corrected chi connectivity index (χ2v) is 0. The second kappa shape index (κ2) is 17.3. The van der Waals surface area contributed by atoms with Gasteiger partial charge in [0, 0.05) is 16.8 Å². The van der Waals surface area contributed by atoms with Crippen molar-refractivity contribution in [3.63, 3.8) is 0 Å². The van der Waals surface area contributed by atoms with E-state index in [4.69, 9.17) is 0 Å². The zero-order chi connectivity index (χ0) is 0. The van der Waals surface area contributed by atoms with Crippen molar-refractivity contribution in [2.24, 2.45) is 0 Å². The second-order valence-electron chi connectivity index (χ2n) is 0. The Kier molecular flexibility index (Phi) is 130. The first-order valence-electron chi connectivity index (χ1n) is 0. The summed E-state index contributed by atoms with van der Waals surface area (Å²) >= 11 is 0. The molecule has 0 aromatic rings. The third-order valence-corrected chi connectivity index (χ3v) is 0. The molecule has 0 atom stereocenters. The Labute approximate surface area is 82.0 Å². The molecule has 0 spiro atoms. The Morgan fingerprint density at radius 2 is 1.00 bits per heavy atom. The van der Waals surface area contributed by atoms with E-state index < -0.39 is 0 Å². The molecule has 0 unspecified atom stereocenters. The Hall–Kier alpha value is 2.69. The third kappa shape index (κ3) is 8.82. The van der Waals surface area contributed by atoms with E-state index in [1.807, 2.05) is 0 Å². The molecule has 0 aromatic carbocycles. The summed E-state index contributed by atoms with van der Waals surface area (Å²) < 4.78 is 0. The summed E-state index contributed by atoms with van der Waals surface area (Å²) in [6, 6.07) is 0. The molecule has 0 aliphatic carbocycles. The summed E-state index contributed by atoms with van der Waals surface area (Å²) in [4.78, 5) is 0.